The lowest BCUT2D eigenvalue weighted by Gasteiger charge is -2.31. The number of rotatable bonds is 9. The third-order valence-electron chi connectivity index (χ3n) is 12.9. The third kappa shape index (κ3) is 6.64. The summed E-state index contributed by atoms with van der Waals surface area (Å²) in [6.45, 7) is 0. The fraction of sp³-hybridized carbons (Fsp3) is 0. The summed E-state index contributed by atoms with van der Waals surface area (Å²) in [5.41, 5.74) is 12.7. The van der Waals surface area contributed by atoms with E-state index in [1.165, 1.54) is 10.8 Å². The van der Waals surface area contributed by atoms with Crippen molar-refractivity contribution in [3.8, 4) is 0 Å². The van der Waals surface area contributed by atoms with Crippen molar-refractivity contribution in [3.63, 3.8) is 0 Å². The average molecular weight is 860 g/mol. The number of nitrogens with zero attached hydrogens (tertiary/aromatic N) is 3. The van der Waals surface area contributed by atoms with Gasteiger partial charge in [-0.05, 0) is 131 Å². The normalized spacial score (nSPS) is 11.6. The van der Waals surface area contributed by atoms with E-state index in [4.69, 9.17) is 8.83 Å². The molecule has 0 N–H and O–H groups in total. The minimum atomic E-state index is 0.805. The van der Waals surface area contributed by atoms with Gasteiger partial charge in [-0.2, -0.15) is 0 Å². The molecule has 0 bridgehead atoms. The van der Waals surface area contributed by atoms with Crippen LogP contribution in [0.2, 0.25) is 0 Å². The van der Waals surface area contributed by atoms with Crippen LogP contribution in [0.1, 0.15) is 0 Å². The molecule has 67 heavy (non-hydrogen) atoms. The van der Waals surface area contributed by atoms with Crippen LogP contribution in [0.25, 0.3) is 65.4 Å². The summed E-state index contributed by atoms with van der Waals surface area (Å²) in [7, 11) is 0. The van der Waals surface area contributed by atoms with Crippen molar-refractivity contribution in [3.05, 3.63) is 249 Å². The van der Waals surface area contributed by atoms with Crippen molar-refractivity contribution in [2.45, 2.75) is 0 Å². The Hall–Kier alpha value is -9.06. The van der Waals surface area contributed by atoms with Crippen molar-refractivity contribution in [1.29, 1.82) is 0 Å². The standard InChI is InChI=1S/C62H41N3O2/c1-5-18-44(19-6-1)63(50-34-35-52-42(36-50)32-33-43-37-60-56(41-55(43)52)53-28-13-15-30-58(53)66-60)48-26-17-27-49(38-48)64(45-20-7-2-8-21-45)51-39-57(62-54-29-14-16-31-59(54)67-61(62)40-51)65(46-22-9-3-10-23-46)47-24-11-4-12-25-47/h1-41H. The van der Waals surface area contributed by atoms with Gasteiger partial charge in [-0.25, -0.2) is 0 Å². The molecule has 0 amide bonds. The molecule has 0 unspecified atom stereocenters. The van der Waals surface area contributed by atoms with E-state index in [0.29, 0.717) is 0 Å². The van der Waals surface area contributed by atoms with Crippen LogP contribution >= 0.6 is 0 Å². The topological polar surface area (TPSA) is 36.0 Å². The molecule has 2 aromatic heterocycles. The SMILES string of the molecule is c1ccc(N(c2cccc(N(c3ccccc3)c3cc(N(c4ccccc4)c4ccccc4)c4c(c3)oc3ccccc34)c2)c2ccc3c(ccc4cc5oc6ccccc6c5cc43)c2)cc1. The van der Waals surface area contributed by atoms with Gasteiger partial charge >= 0.3 is 0 Å². The zero-order chi connectivity index (χ0) is 44.3. The number of benzene rings is 11. The lowest BCUT2D eigenvalue weighted by molar-refractivity contribution is 0.669. The largest absolute Gasteiger partial charge is 0.456 e. The maximum Gasteiger partial charge on any atom is 0.139 e. The summed E-state index contributed by atoms with van der Waals surface area (Å²) >= 11 is 0. The van der Waals surface area contributed by atoms with Crippen molar-refractivity contribution >= 4 is 117 Å². The molecule has 0 aliphatic rings. The van der Waals surface area contributed by atoms with Gasteiger partial charge in [0.15, 0.2) is 0 Å². The summed E-state index contributed by atoms with van der Waals surface area (Å²) in [4.78, 5) is 7.03. The molecular formula is C62H41N3O2. The highest BCUT2D eigenvalue weighted by Gasteiger charge is 2.24. The van der Waals surface area contributed by atoms with Crippen LogP contribution < -0.4 is 14.7 Å². The van der Waals surface area contributed by atoms with Gasteiger partial charge < -0.3 is 23.5 Å². The second kappa shape index (κ2) is 15.9. The molecule has 0 atom stereocenters. The first-order valence-corrected chi connectivity index (χ1v) is 22.7. The molecule has 0 fully saturated rings. The first-order chi connectivity index (χ1) is 33.2. The van der Waals surface area contributed by atoms with Gasteiger partial charge in [0.05, 0.1) is 16.8 Å². The first kappa shape index (κ1) is 38.4. The molecule has 13 rings (SSSR count). The summed E-state index contributed by atoms with van der Waals surface area (Å²) in [6, 6.07) is 88.1. The van der Waals surface area contributed by atoms with Crippen molar-refractivity contribution in [2.24, 2.45) is 0 Å². The second-order valence-corrected chi connectivity index (χ2v) is 16.9. The summed E-state index contributed by atoms with van der Waals surface area (Å²) in [6.07, 6.45) is 0. The maximum atomic E-state index is 6.79. The van der Waals surface area contributed by atoms with Crippen LogP contribution in [-0.2, 0) is 0 Å². The number of hydrogen-bond acceptors (Lipinski definition) is 5. The van der Waals surface area contributed by atoms with Crippen LogP contribution in [0, 0.1) is 0 Å². The Bertz CT molecular complexity index is 3900. The second-order valence-electron chi connectivity index (χ2n) is 16.9. The van der Waals surface area contributed by atoms with E-state index in [0.717, 1.165) is 106 Å². The fourth-order valence-electron chi connectivity index (χ4n) is 9.94. The Morgan fingerprint density at radius 1 is 0.224 bits per heavy atom. The zero-order valence-electron chi connectivity index (χ0n) is 36.3. The van der Waals surface area contributed by atoms with E-state index in [9.17, 15) is 0 Å². The van der Waals surface area contributed by atoms with E-state index in [-0.39, 0.29) is 0 Å². The first-order valence-electron chi connectivity index (χ1n) is 22.7. The minimum Gasteiger partial charge on any atom is -0.456 e. The highest BCUT2D eigenvalue weighted by atomic mass is 16.3. The number of hydrogen-bond donors (Lipinski definition) is 0. The Labute approximate surface area is 387 Å². The molecule has 5 nitrogen and oxygen atoms in total. The molecule has 316 valence electrons. The van der Waals surface area contributed by atoms with E-state index >= 15 is 0 Å². The van der Waals surface area contributed by atoms with Gasteiger partial charge in [0.2, 0.25) is 0 Å². The lowest BCUT2D eigenvalue weighted by atomic mass is 9.99. The minimum absolute atomic E-state index is 0.805. The quantitative estimate of drug-likeness (QED) is 0.135. The van der Waals surface area contributed by atoms with Gasteiger partial charge in [-0.1, -0.05) is 133 Å². The average Bonchev–Trinajstić information content (AvgIpc) is 3.95. The van der Waals surface area contributed by atoms with E-state index in [2.05, 4.69) is 245 Å². The number of fused-ring (bicyclic) bond motifs is 9. The molecule has 0 aliphatic carbocycles. The van der Waals surface area contributed by atoms with Gasteiger partial charge in [-0.3, -0.25) is 0 Å². The number of para-hydroxylation sites is 6. The predicted molar refractivity (Wildman–Crippen MR) is 280 cm³/mol. The Kier molecular flexibility index (Phi) is 9.10. The van der Waals surface area contributed by atoms with Gasteiger partial charge in [0.25, 0.3) is 0 Å². The van der Waals surface area contributed by atoms with Crippen LogP contribution in [0.3, 0.4) is 0 Å². The third-order valence-corrected chi connectivity index (χ3v) is 12.9. The molecule has 0 radical (unpaired) electrons. The molecule has 11 aromatic carbocycles. The van der Waals surface area contributed by atoms with Gasteiger partial charge in [0, 0.05) is 62.0 Å². The zero-order valence-corrected chi connectivity index (χ0v) is 36.3. The van der Waals surface area contributed by atoms with Gasteiger partial charge in [-0.15, -0.1) is 0 Å². The highest BCUT2D eigenvalue weighted by Crippen LogP contribution is 2.48. The highest BCUT2D eigenvalue weighted by molar-refractivity contribution is 6.17. The smallest absolute Gasteiger partial charge is 0.139 e. The molecule has 13 aromatic rings. The molecule has 0 saturated heterocycles. The molecule has 0 aliphatic heterocycles. The van der Waals surface area contributed by atoms with Crippen molar-refractivity contribution in [2.75, 3.05) is 14.7 Å². The maximum absolute atomic E-state index is 6.79. The van der Waals surface area contributed by atoms with E-state index in [1.54, 1.807) is 0 Å². The van der Waals surface area contributed by atoms with Crippen LogP contribution in [0.4, 0.5) is 51.2 Å². The van der Waals surface area contributed by atoms with E-state index < -0.39 is 0 Å². The molecule has 5 heteroatoms. The van der Waals surface area contributed by atoms with Crippen molar-refractivity contribution in [1.82, 2.24) is 0 Å². The lowest BCUT2D eigenvalue weighted by Crippen LogP contribution is -2.14. The van der Waals surface area contributed by atoms with Crippen LogP contribution in [0.5, 0.6) is 0 Å². The summed E-state index contributed by atoms with van der Waals surface area (Å²) in [5, 5.41) is 9.09. The Morgan fingerprint density at radius 2 is 0.701 bits per heavy atom. The number of anilines is 9. The predicted octanol–water partition coefficient (Wildman–Crippen LogP) is 18.2. The molecule has 2 heterocycles. The summed E-state index contributed by atoms with van der Waals surface area (Å²) in [5.74, 6) is 0. The van der Waals surface area contributed by atoms with Gasteiger partial charge in [0.1, 0.15) is 22.3 Å². The van der Waals surface area contributed by atoms with Crippen LogP contribution in [0.15, 0.2) is 258 Å². The fourth-order valence-corrected chi connectivity index (χ4v) is 9.94. The summed E-state index contributed by atoms with van der Waals surface area (Å²) < 4.78 is 13.1. The van der Waals surface area contributed by atoms with E-state index in [1.807, 2.05) is 18.2 Å². The molecule has 0 spiro atoms. The molecule has 0 saturated carbocycles. The Balaban J connectivity index is 0.993. The van der Waals surface area contributed by atoms with Crippen LogP contribution in [-0.4, -0.2) is 0 Å². The van der Waals surface area contributed by atoms with Crippen molar-refractivity contribution < 1.29 is 8.83 Å². The number of furan rings is 2. The Morgan fingerprint density at radius 3 is 1.33 bits per heavy atom. The molecular weight excluding hydrogens is 819 g/mol. The monoisotopic (exact) mass is 859 g/mol.